The van der Waals surface area contributed by atoms with Crippen LogP contribution in [-0.4, -0.2) is 49.6 Å². The molecule has 0 bridgehead atoms. The minimum absolute atomic E-state index is 0. The molecule has 1 aliphatic carbocycles. The summed E-state index contributed by atoms with van der Waals surface area (Å²) >= 11 is 0. The van der Waals surface area contributed by atoms with Crippen molar-refractivity contribution >= 4 is 29.9 Å². The van der Waals surface area contributed by atoms with E-state index in [9.17, 15) is 0 Å². The lowest BCUT2D eigenvalue weighted by Crippen LogP contribution is -2.48. The van der Waals surface area contributed by atoms with Gasteiger partial charge in [0.25, 0.3) is 0 Å². The summed E-state index contributed by atoms with van der Waals surface area (Å²) in [5.74, 6) is 1.59. The molecule has 2 N–H and O–H groups in total. The van der Waals surface area contributed by atoms with Crippen LogP contribution in [0.4, 0.5) is 0 Å². The molecule has 1 saturated carbocycles. The predicted octanol–water partition coefficient (Wildman–Crippen LogP) is 3.23. The fourth-order valence-corrected chi connectivity index (χ4v) is 3.75. The van der Waals surface area contributed by atoms with Gasteiger partial charge in [0.15, 0.2) is 5.96 Å². The molecular weight excluding hydrogens is 423 g/mol. The highest BCUT2D eigenvalue weighted by atomic mass is 127. The highest BCUT2D eigenvalue weighted by Gasteiger charge is 2.44. The maximum Gasteiger partial charge on any atom is 0.191 e. The smallest absolute Gasteiger partial charge is 0.191 e. The molecule has 25 heavy (non-hydrogen) atoms. The van der Waals surface area contributed by atoms with E-state index >= 15 is 0 Å². The number of nitrogens with zero attached hydrogens (tertiary/aromatic N) is 2. The van der Waals surface area contributed by atoms with Crippen molar-refractivity contribution in [3.63, 3.8) is 0 Å². The van der Waals surface area contributed by atoms with E-state index in [2.05, 4.69) is 71.6 Å². The quantitative estimate of drug-likeness (QED) is 0.406. The number of nitrogens with one attached hydrogen (secondary N) is 2. The largest absolute Gasteiger partial charge is 0.356 e. The van der Waals surface area contributed by atoms with Crippen LogP contribution in [0.15, 0.2) is 35.3 Å². The lowest BCUT2D eigenvalue weighted by atomic mass is 9.96. The van der Waals surface area contributed by atoms with Crippen LogP contribution in [-0.2, 0) is 5.41 Å². The zero-order valence-corrected chi connectivity index (χ0v) is 18.3. The van der Waals surface area contributed by atoms with Gasteiger partial charge in [0.1, 0.15) is 0 Å². The number of benzene rings is 1. The maximum absolute atomic E-state index is 4.46. The van der Waals surface area contributed by atoms with E-state index in [1.807, 2.05) is 7.05 Å². The van der Waals surface area contributed by atoms with Crippen molar-refractivity contribution in [2.45, 2.75) is 51.1 Å². The maximum atomic E-state index is 4.46. The van der Waals surface area contributed by atoms with Gasteiger partial charge in [-0.3, -0.25) is 9.89 Å². The molecule has 4 nitrogen and oxygen atoms in total. The Bertz CT molecular complexity index is 568. The number of aliphatic imine (C=N–C) groups is 1. The van der Waals surface area contributed by atoms with Crippen molar-refractivity contribution in [2.75, 3.05) is 26.7 Å². The number of likely N-dealkylation sites (tertiary alicyclic amines) is 1. The average molecular weight is 456 g/mol. The summed E-state index contributed by atoms with van der Waals surface area (Å²) in [6.45, 7) is 10.1. The first-order chi connectivity index (χ1) is 11.5. The van der Waals surface area contributed by atoms with Crippen molar-refractivity contribution in [1.82, 2.24) is 15.5 Å². The normalized spacial score (nSPS) is 25.6. The third kappa shape index (κ3) is 4.88. The minimum Gasteiger partial charge on any atom is -0.356 e. The van der Waals surface area contributed by atoms with Crippen molar-refractivity contribution in [3.8, 4) is 0 Å². The standard InChI is InChI=1S/C20H32N4.HI/c1-15(2)24-12-16(3)18(13-24)23-19(21-4)22-14-20(10-11-20)17-8-6-5-7-9-17;/h5-9,15-16,18H,10-14H2,1-4H3,(H2,21,22,23);1H. The molecule has 1 aliphatic heterocycles. The van der Waals surface area contributed by atoms with Gasteiger partial charge in [0.2, 0.25) is 0 Å². The van der Waals surface area contributed by atoms with Gasteiger partial charge >= 0.3 is 0 Å². The summed E-state index contributed by atoms with van der Waals surface area (Å²) < 4.78 is 0. The Kier molecular flexibility index (Phi) is 7.14. The molecule has 3 rings (SSSR count). The van der Waals surface area contributed by atoms with Crippen LogP contribution in [0.25, 0.3) is 0 Å². The number of halogens is 1. The van der Waals surface area contributed by atoms with E-state index in [1.54, 1.807) is 0 Å². The molecular formula is C20H33IN4. The molecule has 0 amide bonds. The third-order valence-corrected chi connectivity index (χ3v) is 5.75. The molecule has 0 spiro atoms. The molecule has 1 saturated heterocycles. The molecule has 2 atom stereocenters. The highest BCUT2D eigenvalue weighted by Crippen LogP contribution is 2.47. The lowest BCUT2D eigenvalue weighted by Gasteiger charge is -2.23. The second-order valence-electron chi connectivity index (χ2n) is 7.85. The Labute approximate surface area is 169 Å². The van der Waals surface area contributed by atoms with E-state index in [0.717, 1.165) is 19.0 Å². The number of guanidine groups is 1. The SMILES string of the molecule is CN=C(NCC1(c2ccccc2)CC1)NC1CN(C(C)C)CC1C.I. The Morgan fingerprint density at radius 2 is 1.92 bits per heavy atom. The second kappa shape index (κ2) is 8.71. The van der Waals surface area contributed by atoms with Gasteiger partial charge in [-0.05, 0) is 38.2 Å². The summed E-state index contributed by atoms with van der Waals surface area (Å²) in [6.07, 6.45) is 2.53. The molecule has 0 radical (unpaired) electrons. The summed E-state index contributed by atoms with van der Waals surface area (Å²) in [4.78, 5) is 7.00. The van der Waals surface area contributed by atoms with Crippen LogP contribution in [0, 0.1) is 5.92 Å². The summed E-state index contributed by atoms with van der Waals surface area (Å²) in [5, 5.41) is 7.23. The minimum atomic E-state index is 0. The Hall–Kier alpha value is -0.820. The molecule has 1 aromatic carbocycles. The number of hydrogen-bond acceptors (Lipinski definition) is 2. The Morgan fingerprint density at radius 3 is 2.44 bits per heavy atom. The van der Waals surface area contributed by atoms with Crippen molar-refractivity contribution in [3.05, 3.63) is 35.9 Å². The zero-order chi connectivity index (χ0) is 17.2. The van der Waals surface area contributed by atoms with Gasteiger partial charge in [-0.15, -0.1) is 24.0 Å². The van der Waals surface area contributed by atoms with Gasteiger partial charge in [-0.25, -0.2) is 0 Å². The zero-order valence-electron chi connectivity index (χ0n) is 16.0. The Morgan fingerprint density at radius 1 is 1.24 bits per heavy atom. The van der Waals surface area contributed by atoms with Crippen LogP contribution in [0.1, 0.15) is 39.2 Å². The monoisotopic (exact) mass is 456 g/mol. The van der Waals surface area contributed by atoms with E-state index in [-0.39, 0.29) is 24.0 Å². The van der Waals surface area contributed by atoms with Gasteiger partial charge in [0, 0.05) is 44.2 Å². The third-order valence-electron chi connectivity index (χ3n) is 5.75. The molecule has 140 valence electrons. The lowest BCUT2D eigenvalue weighted by molar-refractivity contribution is 0.265. The first-order valence-electron chi connectivity index (χ1n) is 9.31. The Balaban J connectivity index is 0.00000225. The van der Waals surface area contributed by atoms with Crippen LogP contribution in [0.5, 0.6) is 0 Å². The topological polar surface area (TPSA) is 39.7 Å². The summed E-state index contributed by atoms with van der Waals surface area (Å²) in [6, 6.07) is 12.0. The molecule has 2 fully saturated rings. The molecule has 0 aromatic heterocycles. The number of rotatable bonds is 5. The molecule has 5 heteroatoms. The van der Waals surface area contributed by atoms with Crippen molar-refractivity contribution in [1.29, 1.82) is 0 Å². The van der Waals surface area contributed by atoms with Crippen LogP contribution in [0.2, 0.25) is 0 Å². The van der Waals surface area contributed by atoms with Crippen LogP contribution >= 0.6 is 24.0 Å². The van der Waals surface area contributed by atoms with Crippen LogP contribution < -0.4 is 10.6 Å². The second-order valence-corrected chi connectivity index (χ2v) is 7.85. The summed E-state index contributed by atoms with van der Waals surface area (Å²) in [7, 11) is 1.87. The van der Waals surface area contributed by atoms with Crippen LogP contribution in [0.3, 0.4) is 0 Å². The van der Waals surface area contributed by atoms with Gasteiger partial charge in [-0.1, -0.05) is 37.3 Å². The fraction of sp³-hybridized carbons (Fsp3) is 0.650. The van der Waals surface area contributed by atoms with Gasteiger partial charge in [0.05, 0.1) is 0 Å². The molecule has 1 aromatic rings. The molecule has 2 unspecified atom stereocenters. The van der Waals surface area contributed by atoms with E-state index < -0.39 is 0 Å². The molecule has 2 aliphatic rings. The van der Waals surface area contributed by atoms with Gasteiger partial charge in [-0.2, -0.15) is 0 Å². The molecule has 1 heterocycles. The van der Waals surface area contributed by atoms with Crippen molar-refractivity contribution in [2.24, 2.45) is 10.9 Å². The van der Waals surface area contributed by atoms with E-state index in [1.165, 1.54) is 24.9 Å². The van der Waals surface area contributed by atoms with Gasteiger partial charge < -0.3 is 10.6 Å². The summed E-state index contributed by atoms with van der Waals surface area (Å²) in [5.41, 5.74) is 1.76. The fourth-order valence-electron chi connectivity index (χ4n) is 3.75. The number of hydrogen-bond donors (Lipinski definition) is 2. The highest BCUT2D eigenvalue weighted by molar-refractivity contribution is 14.0. The first kappa shape index (κ1) is 20.5. The van der Waals surface area contributed by atoms with E-state index in [4.69, 9.17) is 0 Å². The van der Waals surface area contributed by atoms with E-state index in [0.29, 0.717) is 23.4 Å². The first-order valence-corrected chi connectivity index (χ1v) is 9.31. The predicted molar refractivity (Wildman–Crippen MR) is 117 cm³/mol. The average Bonchev–Trinajstić information content (AvgIpc) is 3.30. The van der Waals surface area contributed by atoms with Crippen molar-refractivity contribution < 1.29 is 0 Å².